The van der Waals surface area contributed by atoms with Crippen LogP contribution in [0.2, 0.25) is 0 Å². The number of rotatable bonds is 8. The second-order valence-corrected chi connectivity index (χ2v) is 4.22. The van der Waals surface area contributed by atoms with Crippen LogP contribution in [-0.4, -0.2) is 43.0 Å². The molecular weight excluding hydrogens is 214 g/mol. The van der Waals surface area contributed by atoms with Crippen molar-refractivity contribution in [2.75, 3.05) is 20.8 Å². The Morgan fingerprint density at radius 2 is 2.12 bits per heavy atom. The molecule has 0 saturated carbocycles. The van der Waals surface area contributed by atoms with Crippen LogP contribution in [0.1, 0.15) is 13.3 Å². The quantitative estimate of drug-likeness (QED) is 0.433. The number of nitrogens with zero attached hydrogens (tertiary/aromatic N) is 1. The van der Waals surface area contributed by atoms with Crippen LogP contribution in [-0.2, 0) is 0 Å². The van der Waals surface area contributed by atoms with E-state index in [1.54, 1.807) is 6.08 Å². The van der Waals surface area contributed by atoms with E-state index in [0.717, 1.165) is 6.42 Å². The van der Waals surface area contributed by atoms with Crippen molar-refractivity contribution >= 4 is 0 Å². The predicted octanol–water partition coefficient (Wildman–Crippen LogP) is 0.819. The lowest BCUT2D eigenvalue weighted by Crippen LogP contribution is -2.44. The van der Waals surface area contributed by atoms with E-state index in [-0.39, 0.29) is 18.9 Å². The van der Waals surface area contributed by atoms with Gasteiger partial charge in [-0.15, -0.1) is 0 Å². The van der Waals surface area contributed by atoms with Crippen molar-refractivity contribution in [1.82, 2.24) is 10.2 Å². The molecule has 17 heavy (non-hydrogen) atoms. The molecule has 0 aromatic carbocycles. The van der Waals surface area contributed by atoms with Gasteiger partial charge < -0.3 is 15.7 Å². The van der Waals surface area contributed by atoms with Gasteiger partial charge in [0, 0.05) is 6.04 Å². The summed E-state index contributed by atoms with van der Waals surface area (Å²) < 4.78 is 0. The average molecular weight is 239 g/mol. The summed E-state index contributed by atoms with van der Waals surface area (Å²) in [6, 6.07) is 0.249. The maximum atomic E-state index is 8.76. The third kappa shape index (κ3) is 7.07. The fourth-order valence-electron chi connectivity index (χ4n) is 1.64. The zero-order chi connectivity index (χ0) is 13.3. The number of nitrogens with one attached hydrogen (secondary N) is 1. The molecule has 0 rings (SSSR count). The highest BCUT2D eigenvalue weighted by Gasteiger charge is 2.16. The third-order valence-corrected chi connectivity index (χ3v) is 2.59. The van der Waals surface area contributed by atoms with Gasteiger partial charge in [-0.2, -0.15) is 0 Å². The van der Waals surface area contributed by atoms with Gasteiger partial charge in [0.15, 0.2) is 0 Å². The van der Waals surface area contributed by atoms with Crippen LogP contribution in [0.15, 0.2) is 36.5 Å². The van der Waals surface area contributed by atoms with Crippen LogP contribution < -0.4 is 11.1 Å². The third-order valence-electron chi connectivity index (χ3n) is 2.59. The van der Waals surface area contributed by atoms with Gasteiger partial charge in [0.25, 0.3) is 0 Å². The van der Waals surface area contributed by atoms with Gasteiger partial charge in [-0.3, -0.25) is 5.32 Å². The Labute approximate surface area is 104 Å². The van der Waals surface area contributed by atoms with Crippen LogP contribution in [0.25, 0.3) is 0 Å². The Morgan fingerprint density at radius 1 is 1.47 bits per heavy atom. The highest BCUT2D eigenvalue weighted by Crippen LogP contribution is 2.12. The van der Waals surface area contributed by atoms with Crippen LogP contribution in [0.3, 0.4) is 0 Å². The molecule has 0 aliphatic rings. The topological polar surface area (TPSA) is 61.5 Å². The number of aliphatic hydroxyl groups excluding tert-OH is 1. The Balaban J connectivity index is 4.56. The van der Waals surface area contributed by atoms with E-state index in [2.05, 4.69) is 29.8 Å². The second-order valence-electron chi connectivity index (χ2n) is 4.22. The molecular formula is C13H25N3O. The highest BCUT2D eigenvalue weighted by molar-refractivity contribution is 5.18. The molecule has 0 radical (unpaired) electrons. The van der Waals surface area contributed by atoms with Gasteiger partial charge >= 0.3 is 0 Å². The van der Waals surface area contributed by atoms with E-state index in [9.17, 15) is 0 Å². The largest absolute Gasteiger partial charge is 0.381 e. The van der Waals surface area contributed by atoms with Gasteiger partial charge in [-0.05, 0) is 27.4 Å². The number of hydrogen-bond acceptors (Lipinski definition) is 4. The van der Waals surface area contributed by atoms with Crippen LogP contribution >= 0.6 is 0 Å². The predicted molar refractivity (Wildman–Crippen MR) is 73.4 cm³/mol. The Hall–Kier alpha value is -0.940. The lowest BCUT2D eigenvalue weighted by atomic mass is 10.0. The zero-order valence-corrected chi connectivity index (χ0v) is 11.1. The minimum Gasteiger partial charge on any atom is -0.381 e. The summed E-state index contributed by atoms with van der Waals surface area (Å²) in [5.74, 6) is 0. The number of allylic oxidation sites excluding steroid dienone is 4. The van der Waals surface area contributed by atoms with Crippen molar-refractivity contribution in [3.05, 3.63) is 36.5 Å². The van der Waals surface area contributed by atoms with Crippen molar-refractivity contribution < 1.29 is 5.11 Å². The van der Waals surface area contributed by atoms with E-state index in [1.165, 1.54) is 5.57 Å². The molecule has 0 bridgehead atoms. The molecule has 0 fully saturated rings. The molecule has 0 aliphatic carbocycles. The molecule has 0 saturated heterocycles. The maximum Gasteiger partial charge on any atom is 0.0943 e. The molecule has 2 unspecified atom stereocenters. The van der Waals surface area contributed by atoms with Crippen LogP contribution in [0.5, 0.6) is 0 Å². The summed E-state index contributed by atoms with van der Waals surface area (Å²) in [6.45, 7) is 5.60. The van der Waals surface area contributed by atoms with Gasteiger partial charge in [0.05, 0.1) is 12.9 Å². The Bertz CT molecular complexity index is 272. The molecule has 0 spiro atoms. The number of likely N-dealkylation sites (N-methyl/N-ethyl adjacent to an activating group) is 1. The number of nitrogens with two attached hydrogens (primary N) is 1. The van der Waals surface area contributed by atoms with E-state index < -0.39 is 0 Å². The summed E-state index contributed by atoms with van der Waals surface area (Å²) >= 11 is 0. The Morgan fingerprint density at radius 3 is 2.59 bits per heavy atom. The molecule has 0 amide bonds. The van der Waals surface area contributed by atoms with Gasteiger partial charge in [-0.1, -0.05) is 36.5 Å². The first-order chi connectivity index (χ1) is 8.02. The number of hydrogen-bond donors (Lipinski definition) is 3. The van der Waals surface area contributed by atoms with E-state index in [1.807, 2.05) is 26.2 Å². The molecule has 98 valence electrons. The minimum atomic E-state index is -0.209. The van der Waals surface area contributed by atoms with Gasteiger partial charge in [0.1, 0.15) is 0 Å². The van der Waals surface area contributed by atoms with Crippen molar-refractivity contribution in [2.45, 2.75) is 25.6 Å². The fourth-order valence-corrected chi connectivity index (χ4v) is 1.64. The molecule has 0 aromatic rings. The van der Waals surface area contributed by atoms with Crippen LogP contribution in [0, 0.1) is 0 Å². The first kappa shape index (κ1) is 16.1. The highest BCUT2D eigenvalue weighted by atomic mass is 16.3. The SMILES string of the molecule is C=C/C=C\C=C(/C)C(CC(N)NCO)N(C)C. The summed E-state index contributed by atoms with van der Waals surface area (Å²) in [5, 5.41) is 11.6. The normalized spacial score (nSPS) is 16.5. The lowest BCUT2D eigenvalue weighted by molar-refractivity contribution is 0.218. The van der Waals surface area contributed by atoms with Crippen molar-refractivity contribution in [3.63, 3.8) is 0 Å². The van der Waals surface area contributed by atoms with E-state index >= 15 is 0 Å². The maximum absolute atomic E-state index is 8.76. The smallest absolute Gasteiger partial charge is 0.0943 e. The van der Waals surface area contributed by atoms with E-state index in [0.29, 0.717) is 0 Å². The molecule has 0 heterocycles. The monoisotopic (exact) mass is 239 g/mol. The molecule has 0 aromatic heterocycles. The summed E-state index contributed by atoms with van der Waals surface area (Å²) in [6.07, 6.45) is 8.19. The summed E-state index contributed by atoms with van der Waals surface area (Å²) in [5.41, 5.74) is 7.08. The van der Waals surface area contributed by atoms with E-state index in [4.69, 9.17) is 10.8 Å². The molecule has 4 N–H and O–H groups in total. The van der Waals surface area contributed by atoms with Crippen molar-refractivity contribution in [2.24, 2.45) is 5.73 Å². The minimum absolute atomic E-state index is 0.0968. The molecule has 4 heteroatoms. The van der Waals surface area contributed by atoms with Crippen molar-refractivity contribution in [3.8, 4) is 0 Å². The average Bonchev–Trinajstić information content (AvgIpc) is 2.26. The zero-order valence-electron chi connectivity index (χ0n) is 11.1. The van der Waals surface area contributed by atoms with Crippen molar-refractivity contribution in [1.29, 1.82) is 0 Å². The lowest BCUT2D eigenvalue weighted by Gasteiger charge is -2.28. The summed E-state index contributed by atoms with van der Waals surface area (Å²) in [7, 11) is 4.04. The fraction of sp³-hybridized carbons (Fsp3) is 0.538. The first-order valence-corrected chi connectivity index (χ1v) is 5.75. The van der Waals surface area contributed by atoms with Gasteiger partial charge in [-0.25, -0.2) is 0 Å². The molecule has 4 nitrogen and oxygen atoms in total. The standard InChI is InChI=1S/C13H25N3O/c1-5-6-7-8-11(2)12(16(3)4)9-13(14)15-10-17/h5-8,12-13,15,17H,1,9-10,14H2,2-4H3/b7-6-,11-8+. The second kappa shape index (κ2) is 9.13. The number of aliphatic hydroxyl groups is 1. The van der Waals surface area contributed by atoms with Crippen LogP contribution in [0.4, 0.5) is 0 Å². The Kier molecular flexibility index (Phi) is 8.62. The first-order valence-electron chi connectivity index (χ1n) is 5.75. The molecule has 2 atom stereocenters. The van der Waals surface area contributed by atoms with Gasteiger partial charge in [0.2, 0.25) is 0 Å². The molecule has 0 aliphatic heterocycles. The summed E-state index contributed by atoms with van der Waals surface area (Å²) in [4.78, 5) is 2.12.